The fourth-order valence-electron chi connectivity index (χ4n) is 2.60. The number of aryl methyl sites for hydroxylation is 1. The molecule has 2 aromatic heterocycles. The standard InChI is InChI=1S/C20H22N4O3/c1-14(2)27-19-8-7-15(12-22-19)11-21-18(25)9-10-24-13-23-17-6-4-3-5-16(17)20(24)26/h3-8,12-14H,9-11H2,1-2H3,(H,21,25). The van der Waals surface area contributed by atoms with E-state index >= 15 is 0 Å². The summed E-state index contributed by atoms with van der Waals surface area (Å²) in [7, 11) is 0. The number of pyridine rings is 1. The molecule has 0 saturated carbocycles. The summed E-state index contributed by atoms with van der Waals surface area (Å²) in [6.07, 6.45) is 3.42. The lowest BCUT2D eigenvalue weighted by Gasteiger charge is -2.10. The van der Waals surface area contributed by atoms with Crippen molar-refractivity contribution in [1.82, 2.24) is 19.9 Å². The number of rotatable bonds is 7. The van der Waals surface area contributed by atoms with Gasteiger partial charge in [0.05, 0.1) is 23.3 Å². The molecular formula is C20H22N4O3. The van der Waals surface area contributed by atoms with Gasteiger partial charge in [-0.15, -0.1) is 0 Å². The van der Waals surface area contributed by atoms with Crippen molar-refractivity contribution in [3.05, 3.63) is 64.8 Å². The Morgan fingerprint density at radius 2 is 2.00 bits per heavy atom. The van der Waals surface area contributed by atoms with Crippen LogP contribution in [0.25, 0.3) is 10.9 Å². The Balaban J connectivity index is 1.53. The highest BCUT2D eigenvalue weighted by atomic mass is 16.5. The number of nitrogens with one attached hydrogen (secondary N) is 1. The molecule has 0 unspecified atom stereocenters. The van der Waals surface area contributed by atoms with E-state index in [4.69, 9.17) is 4.74 Å². The van der Waals surface area contributed by atoms with Gasteiger partial charge in [0.2, 0.25) is 11.8 Å². The van der Waals surface area contributed by atoms with Gasteiger partial charge < -0.3 is 10.1 Å². The number of hydrogen-bond acceptors (Lipinski definition) is 5. The first-order valence-electron chi connectivity index (χ1n) is 8.85. The molecule has 7 heteroatoms. The Morgan fingerprint density at radius 3 is 2.74 bits per heavy atom. The van der Waals surface area contributed by atoms with Crippen molar-refractivity contribution in [2.45, 2.75) is 39.5 Å². The van der Waals surface area contributed by atoms with Crippen LogP contribution >= 0.6 is 0 Å². The van der Waals surface area contributed by atoms with E-state index in [2.05, 4.69) is 15.3 Å². The second-order valence-electron chi connectivity index (χ2n) is 6.46. The Kier molecular flexibility index (Phi) is 5.80. The molecule has 0 fully saturated rings. The largest absolute Gasteiger partial charge is 0.475 e. The summed E-state index contributed by atoms with van der Waals surface area (Å²) in [6, 6.07) is 10.8. The van der Waals surface area contributed by atoms with E-state index in [0.29, 0.717) is 23.3 Å². The average molecular weight is 366 g/mol. The van der Waals surface area contributed by atoms with E-state index in [1.165, 1.54) is 10.9 Å². The first-order chi connectivity index (χ1) is 13.0. The van der Waals surface area contributed by atoms with Gasteiger partial charge in [-0.25, -0.2) is 9.97 Å². The van der Waals surface area contributed by atoms with E-state index in [-0.39, 0.29) is 30.5 Å². The fraction of sp³-hybridized carbons (Fsp3) is 0.300. The molecule has 7 nitrogen and oxygen atoms in total. The van der Waals surface area contributed by atoms with Crippen LogP contribution in [0.5, 0.6) is 5.88 Å². The number of nitrogens with zero attached hydrogens (tertiary/aromatic N) is 3. The molecule has 1 amide bonds. The highest BCUT2D eigenvalue weighted by molar-refractivity contribution is 5.77. The molecule has 140 valence electrons. The normalized spacial score (nSPS) is 10.9. The zero-order valence-electron chi connectivity index (χ0n) is 15.4. The average Bonchev–Trinajstić information content (AvgIpc) is 2.67. The number of benzene rings is 1. The molecule has 1 aromatic carbocycles. The maximum absolute atomic E-state index is 12.4. The number of hydrogen-bond donors (Lipinski definition) is 1. The van der Waals surface area contributed by atoms with Gasteiger partial charge >= 0.3 is 0 Å². The lowest BCUT2D eigenvalue weighted by atomic mass is 10.2. The van der Waals surface area contributed by atoms with Crippen LogP contribution in [0.1, 0.15) is 25.8 Å². The van der Waals surface area contributed by atoms with Gasteiger partial charge in [-0.1, -0.05) is 18.2 Å². The third-order valence-electron chi connectivity index (χ3n) is 3.96. The van der Waals surface area contributed by atoms with Crippen molar-refractivity contribution in [1.29, 1.82) is 0 Å². The van der Waals surface area contributed by atoms with Crippen molar-refractivity contribution >= 4 is 16.8 Å². The molecule has 0 spiro atoms. The van der Waals surface area contributed by atoms with Crippen molar-refractivity contribution in [3.63, 3.8) is 0 Å². The van der Waals surface area contributed by atoms with Crippen LogP contribution in [0, 0.1) is 0 Å². The van der Waals surface area contributed by atoms with E-state index in [0.717, 1.165) is 5.56 Å². The number of ether oxygens (including phenoxy) is 1. The number of aromatic nitrogens is 3. The Hall–Kier alpha value is -3.22. The van der Waals surface area contributed by atoms with Crippen molar-refractivity contribution in [2.75, 3.05) is 0 Å². The molecule has 0 saturated heterocycles. The van der Waals surface area contributed by atoms with Gasteiger partial charge in [0.1, 0.15) is 0 Å². The minimum atomic E-state index is -0.141. The second-order valence-corrected chi connectivity index (χ2v) is 6.46. The Bertz CT molecular complexity index is 980. The molecule has 27 heavy (non-hydrogen) atoms. The lowest BCUT2D eigenvalue weighted by Crippen LogP contribution is -2.27. The van der Waals surface area contributed by atoms with Crippen molar-refractivity contribution in [2.24, 2.45) is 0 Å². The minimum Gasteiger partial charge on any atom is -0.475 e. The smallest absolute Gasteiger partial charge is 0.261 e. The molecular weight excluding hydrogens is 344 g/mol. The van der Waals surface area contributed by atoms with E-state index in [9.17, 15) is 9.59 Å². The van der Waals surface area contributed by atoms with Gasteiger partial charge in [0, 0.05) is 31.8 Å². The maximum Gasteiger partial charge on any atom is 0.261 e. The van der Waals surface area contributed by atoms with Crippen molar-refractivity contribution in [3.8, 4) is 5.88 Å². The Morgan fingerprint density at radius 1 is 1.19 bits per heavy atom. The molecule has 0 atom stereocenters. The predicted octanol–water partition coefficient (Wildman–Crippen LogP) is 2.29. The number of para-hydroxylation sites is 1. The number of fused-ring (bicyclic) bond motifs is 1. The molecule has 2 heterocycles. The van der Waals surface area contributed by atoms with Gasteiger partial charge in [-0.2, -0.15) is 0 Å². The quantitative estimate of drug-likeness (QED) is 0.693. The summed E-state index contributed by atoms with van der Waals surface area (Å²) >= 11 is 0. The molecule has 0 bridgehead atoms. The third-order valence-corrected chi connectivity index (χ3v) is 3.96. The topological polar surface area (TPSA) is 86.1 Å². The molecule has 3 aromatic rings. The number of carbonyl (C=O) groups is 1. The van der Waals surface area contributed by atoms with Crippen LogP contribution in [0.3, 0.4) is 0 Å². The summed E-state index contributed by atoms with van der Waals surface area (Å²) in [5, 5.41) is 3.38. The van der Waals surface area contributed by atoms with Crippen LogP contribution in [0.2, 0.25) is 0 Å². The SMILES string of the molecule is CC(C)Oc1ccc(CNC(=O)CCn2cnc3ccccc3c2=O)cn1. The first kappa shape index (κ1) is 18.6. The van der Waals surface area contributed by atoms with E-state index < -0.39 is 0 Å². The van der Waals surface area contributed by atoms with Crippen molar-refractivity contribution < 1.29 is 9.53 Å². The van der Waals surface area contributed by atoms with E-state index in [1.54, 1.807) is 30.5 Å². The van der Waals surface area contributed by atoms with Gasteiger partial charge in [0.15, 0.2) is 0 Å². The third kappa shape index (κ3) is 4.91. The highest BCUT2D eigenvalue weighted by Crippen LogP contribution is 2.09. The summed E-state index contributed by atoms with van der Waals surface area (Å²) < 4.78 is 6.95. The summed E-state index contributed by atoms with van der Waals surface area (Å²) in [6.45, 7) is 4.53. The minimum absolute atomic E-state index is 0.0658. The Labute approximate surface area is 157 Å². The summed E-state index contributed by atoms with van der Waals surface area (Å²) in [4.78, 5) is 32.9. The second kappa shape index (κ2) is 8.44. The summed E-state index contributed by atoms with van der Waals surface area (Å²) in [5.74, 6) is 0.417. The molecule has 1 N–H and O–H groups in total. The van der Waals surface area contributed by atoms with Crippen LogP contribution in [0.15, 0.2) is 53.7 Å². The van der Waals surface area contributed by atoms with Gasteiger partial charge in [-0.3, -0.25) is 14.2 Å². The van der Waals surface area contributed by atoms with Crippen LogP contribution in [-0.2, 0) is 17.9 Å². The van der Waals surface area contributed by atoms with Gasteiger partial charge in [-0.05, 0) is 31.5 Å². The van der Waals surface area contributed by atoms with Crippen LogP contribution in [0.4, 0.5) is 0 Å². The molecule has 0 aliphatic carbocycles. The predicted molar refractivity (Wildman–Crippen MR) is 102 cm³/mol. The monoisotopic (exact) mass is 366 g/mol. The molecule has 0 aliphatic heterocycles. The lowest BCUT2D eigenvalue weighted by molar-refractivity contribution is -0.121. The van der Waals surface area contributed by atoms with Gasteiger partial charge in [0.25, 0.3) is 5.56 Å². The fourth-order valence-corrected chi connectivity index (χ4v) is 2.60. The first-order valence-corrected chi connectivity index (χ1v) is 8.85. The molecule has 0 radical (unpaired) electrons. The number of amides is 1. The van der Waals surface area contributed by atoms with Crippen LogP contribution in [-0.4, -0.2) is 26.5 Å². The highest BCUT2D eigenvalue weighted by Gasteiger charge is 2.07. The summed E-state index contributed by atoms with van der Waals surface area (Å²) in [5.41, 5.74) is 1.39. The molecule has 0 aliphatic rings. The van der Waals surface area contributed by atoms with Crippen LogP contribution < -0.4 is 15.6 Å². The number of carbonyl (C=O) groups excluding carboxylic acids is 1. The maximum atomic E-state index is 12.4. The molecule has 3 rings (SSSR count). The van der Waals surface area contributed by atoms with E-state index in [1.807, 2.05) is 26.0 Å². The zero-order valence-corrected chi connectivity index (χ0v) is 15.4. The zero-order chi connectivity index (χ0) is 19.2.